The number of carbonyl (C=O) groups excluding carboxylic acids is 1. The number of carbonyl (C=O) groups is 1. The van der Waals surface area contributed by atoms with Crippen molar-refractivity contribution in [3.63, 3.8) is 0 Å². The van der Waals surface area contributed by atoms with Gasteiger partial charge in [-0.05, 0) is 30.9 Å². The molecule has 5 heteroatoms. The van der Waals surface area contributed by atoms with E-state index in [0.717, 1.165) is 30.4 Å². The molecule has 1 amide bonds. The Kier molecular flexibility index (Phi) is 2.81. The number of nitrogens with zero attached hydrogens (tertiary/aromatic N) is 2. The zero-order valence-electron chi connectivity index (χ0n) is 10.8. The van der Waals surface area contributed by atoms with Crippen molar-refractivity contribution in [2.24, 2.45) is 0 Å². The van der Waals surface area contributed by atoms with E-state index >= 15 is 0 Å². The van der Waals surface area contributed by atoms with Crippen LogP contribution in [0.1, 0.15) is 30.4 Å². The third kappa shape index (κ3) is 1.91. The molecule has 0 unspecified atom stereocenters. The number of hydrogen-bond donors (Lipinski definition) is 2. The highest BCUT2D eigenvalue weighted by molar-refractivity contribution is 5.99. The monoisotopic (exact) mass is 256 g/mol. The van der Waals surface area contributed by atoms with E-state index in [1.807, 2.05) is 12.1 Å². The maximum atomic E-state index is 12.6. The first-order valence-corrected chi connectivity index (χ1v) is 6.46. The molecule has 0 radical (unpaired) electrons. The van der Waals surface area contributed by atoms with Gasteiger partial charge in [0.15, 0.2) is 5.82 Å². The first-order valence-electron chi connectivity index (χ1n) is 6.46. The van der Waals surface area contributed by atoms with E-state index in [1.54, 1.807) is 0 Å². The van der Waals surface area contributed by atoms with Crippen LogP contribution in [0.3, 0.4) is 0 Å². The molecule has 1 aromatic carbocycles. The van der Waals surface area contributed by atoms with Gasteiger partial charge in [0.05, 0.1) is 11.6 Å². The summed E-state index contributed by atoms with van der Waals surface area (Å²) in [7, 11) is 0. The summed E-state index contributed by atoms with van der Waals surface area (Å²) in [4.78, 5) is 12.6. The number of anilines is 1. The van der Waals surface area contributed by atoms with Crippen LogP contribution < -0.4 is 5.32 Å². The smallest absolute Gasteiger partial charge is 0.236 e. The molecule has 1 aromatic heterocycles. The van der Waals surface area contributed by atoms with Crippen LogP contribution in [0.5, 0.6) is 0 Å². The van der Waals surface area contributed by atoms with Crippen LogP contribution in [-0.2, 0) is 10.2 Å². The standard InChI is InChI=1S/C14H16N4O/c1-10-5-2-3-6-11(10)14(7-4-8-14)13(19)16-12-9-15-18-17-12/h2-3,5-6,9H,4,7-8H2,1H3,(H2,15,16,17,18,19). The number of rotatable bonds is 3. The van der Waals surface area contributed by atoms with Crippen LogP contribution in [0, 0.1) is 6.92 Å². The zero-order chi connectivity index (χ0) is 13.3. The third-order valence-corrected chi connectivity index (χ3v) is 3.96. The van der Waals surface area contributed by atoms with E-state index in [4.69, 9.17) is 0 Å². The Bertz CT molecular complexity index is 587. The highest BCUT2D eigenvalue weighted by Crippen LogP contribution is 2.45. The molecule has 1 aliphatic rings. The van der Waals surface area contributed by atoms with Crippen LogP contribution in [-0.4, -0.2) is 21.3 Å². The maximum Gasteiger partial charge on any atom is 0.236 e. The van der Waals surface area contributed by atoms with Gasteiger partial charge in [0, 0.05) is 0 Å². The number of nitrogens with one attached hydrogen (secondary N) is 2. The van der Waals surface area contributed by atoms with Gasteiger partial charge in [-0.1, -0.05) is 30.7 Å². The number of benzene rings is 1. The predicted molar refractivity (Wildman–Crippen MR) is 71.7 cm³/mol. The molecule has 19 heavy (non-hydrogen) atoms. The van der Waals surface area contributed by atoms with E-state index in [2.05, 4.69) is 39.8 Å². The lowest BCUT2D eigenvalue weighted by Gasteiger charge is -2.41. The molecule has 0 saturated heterocycles. The van der Waals surface area contributed by atoms with Crippen LogP contribution in [0.2, 0.25) is 0 Å². The van der Waals surface area contributed by atoms with Crippen molar-refractivity contribution in [1.82, 2.24) is 15.4 Å². The second kappa shape index (κ2) is 4.50. The zero-order valence-corrected chi connectivity index (χ0v) is 10.8. The molecular weight excluding hydrogens is 240 g/mol. The summed E-state index contributed by atoms with van der Waals surface area (Å²) >= 11 is 0. The van der Waals surface area contributed by atoms with E-state index in [9.17, 15) is 4.79 Å². The normalized spacial score (nSPS) is 16.7. The first kappa shape index (κ1) is 11.9. The van der Waals surface area contributed by atoms with Crippen molar-refractivity contribution >= 4 is 11.7 Å². The fraction of sp³-hybridized carbons (Fsp3) is 0.357. The van der Waals surface area contributed by atoms with Gasteiger partial charge in [-0.25, -0.2) is 0 Å². The van der Waals surface area contributed by atoms with Crippen molar-refractivity contribution in [3.05, 3.63) is 41.6 Å². The fourth-order valence-electron chi connectivity index (χ4n) is 2.76. The lowest BCUT2D eigenvalue weighted by Crippen LogP contribution is -2.46. The molecule has 0 bridgehead atoms. The minimum absolute atomic E-state index is 0.0157. The van der Waals surface area contributed by atoms with E-state index in [-0.39, 0.29) is 5.91 Å². The summed E-state index contributed by atoms with van der Waals surface area (Å²) in [5.41, 5.74) is 1.89. The first-order chi connectivity index (χ1) is 9.22. The Morgan fingerprint density at radius 3 is 2.74 bits per heavy atom. The Hall–Kier alpha value is -2.17. The van der Waals surface area contributed by atoms with Gasteiger partial charge in [0.25, 0.3) is 0 Å². The number of aromatic nitrogens is 3. The van der Waals surface area contributed by atoms with Gasteiger partial charge >= 0.3 is 0 Å². The summed E-state index contributed by atoms with van der Waals surface area (Å²) in [6.07, 6.45) is 4.38. The van der Waals surface area contributed by atoms with Crippen molar-refractivity contribution in [3.8, 4) is 0 Å². The summed E-state index contributed by atoms with van der Waals surface area (Å²) in [6.45, 7) is 2.05. The van der Waals surface area contributed by atoms with Gasteiger partial charge in [-0.2, -0.15) is 10.3 Å². The van der Waals surface area contributed by atoms with Gasteiger partial charge in [0.2, 0.25) is 5.91 Å². The Balaban J connectivity index is 1.91. The summed E-state index contributed by atoms with van der Waals surface area (Å²) < 4.78 is 0. The highest BCUT2D eigenvalue weighted by atomic mass is 16.2. The summed E-state index contributed by atoms with van der Waals surface area (Å²) in [5, 5.41) is 12.9. The molecule has 5 nitrogen and oxygen atoms in total. The number of amides is 1. The Morgan fingerprint density at radius 1 is 1.37 bits per heavy atom. The van der Waals surface area contributed by atoms with E-state index in [1.165, 1.54) is 6.20 Å². The van der Waals surface area contributed by atoms with Gasteiger partial charge in [0.1, 0.15) is 0 Å². The van der Waals surface area contributed by atoms with Crippen LogP contribution in [0.25, 0.3) is 0 Å². The topological polar surface area (TPSA) is 70.7 Å². The number of H-pyrrole nitrogens is 1. The number of hydrogen-bond acceptors (Lipinski definition) is 3. The van der Waals surface area contributed by atoms with Gasteiger partial charge in [-0.3, -0.25) is 4.79 Å². The average molecular weight is 256 g/mol. The molecular formula is C14H16N4O. The highest BCUT2D eigenvalue weighted by Gasteiger charge is 2.46. The van der Waals surface area contributed by atoms with Crippen molar-refractivity contribution in [2.45, 2.75) is 31.6 Å². The third-order valence-electron chi connectivity index (χ3n) is 3.96. The number of aromatic amines is 1. The molecule has 1 fully saturated rings. The predicted octanol–water partition coefficient (Wildman–Crippen LogP) is 2.17. The molecule has 0 atom stereocenters. The second-order valence-electron chi connectivity index (χ2n) is 5.06. The largest absolute Gasteiger partial charge is 0.307 e. The minimum atomic E-state index is -0.399. The molecule has 1 heterocycles. The van der Waals surface area contributed by atoms with Crippen molar-refractivity contribution < 1.29 is 4.79 Å². The molecule has 0 spiro atoms. The lowest BCUT2D eigenvalue weighted by molar-refractivity contribution is -0.124. The van der Waals surface area contributed by atoms with Crippen LogP contribution >= 0.6 is 0 Å². The van der Waals surface area contributed by atoms with E-state index < -0.39 is 5.41 Å². The van der Waals surface area contributed by atoms with Gasteiger partial charge in [-0.15, -0.1) is 5.10 Å². The van der Waals surface area contributed by atoms with Crippen LogP contribution in [0.15, 0.2) is 30.5 Å². The number of aryl methyl sites for hydroxylation is 1. The quantitative estimate of drug-likeness (QED) is 0.884. The molecule has 3 rings (SSSR count). The summed E-state index contributed by atoms with van der Waals surface area (Å²) in [6, 6.07) is 8.10. The SMILES string of the molecule is Cc1ccccc1C1(C(=O)Nc2cn[nH]n2)CCC1. The van der Waals surface area contributed by atoms with Gasteiger partial charge < -0.3 is 5.32 Å². The van der Waals surface area contributed by atoms with Crippen LogP contribution in [0.4, 0.5) is 5.82 Å². The van der Waals surface area contributed by atoms with Crippen molar-refractivity contribution in [1.29, 1.82) is 0 Å². The Morgan fingerprint density at radius 2 is 2.16 bits per heavy atom. The molecule has 1 saturated carbocycles. The lowest BCUT2D eigenvalue weighted by atomic mass is 9.63. The molecule has 1 aliphatic carbocycles. The molecule has 98 valence electrons. The second-order valence-corrected chi connectivity index (χ2v) is 5.06. The average Bonchev–Trinajstić information content (AvgIpc) is 2.83. The fourth-order valence-corrected chi connectivity index (χ4v) is 2.76. The van der Waals surface area contributed by atoms with E-state index in [0.29, 0.717) is 5.82 Å². The maximum absolute atomic E-state index is 12.6. The van der Waals surface area contributed by atoms with Crippen molar-refractivity contribution in [2.75, 3.05) is 5.32 Å². The Labute approximate surface area is 111 Å². The molecule has 0 aliphatic heterocycles. The minimum Gasteiger partial charge on any atom is -0.307 e. The molecule has 2 N–H and O–H groups in total. The summed E-state index contributed by atoms with van der Waals surface area (Å²) in [5.74, 6) is 0.492. The molecule has 2 aromatic rings.